The van der Waals surface area contributed by atoms with Crippen LogP contribution >= 0.6 is 0 Å². The van der Waals surface area contributed by atoms with Gasteiger partial charge in [0.1, 0.15) is 18.2 Å². The molecule has 2 N–H and O–H groups in total. The number of fused-ring (bicyclic) bond motifs is 5. The van der Waals surface area contributed by atoms with E-state index in [1.807, 2.05) is 6.07 Å². The van der Waals surface area contributed by atoms with E-state index in [-0.39, 0.29) is 29.2 Å². The second kappa shape index (κ2) is 7.17. The van der Waals surface area contributed by atoms with Crippen molar-refractivity contribution in [1.29, 1.82) is 0 Å². The molecule has 1 aromatic carbocycles. The normalized spacial score (nSPS) is 22.2. The molecule has 2 atom stereocenters. The van der Waals surface area contributed by atoms with E-state index in [2.05, 4.69) is 44.2 Å². The molecule has 6 rings (SSSR count). The number of H-pyrrole nitrogens is 1. The summed E-state index contributed by atoms with van der Waals surface area (Å²) in [4.78, 5) is 13.4. The summed E-state index contributed by atoms with van der Waals surface area (Å²) in [6.07, 6.45) is 3.37. The van der Waals surface area contributed by atoms with Gasteiger partial charge in [0.05, 0.1) is 28.1 Å². The highest BCUT2D eigenvalue weighted by molar-refractivity contribution is 5.64. The first-order chi connectivity index (χ1) is 16.4. The zero-order valence-electron chi connectivity index (χ0n) is 18.5. The van der Waals surface area contributed by atoms with E-state index in [0.717, 1.165) is 29.8 Å². The average Bonchev–Trinajstić information content (AvgIpc) is 3.47. The Morgan fingerprint density at radius 3 is 2.62 bits per heavy atom. The molecule has 10 heteroatoms. The summed E-state index contributed by atoms with van der Waals surface area (Å²) in [6, 6.07) is 7.42. The Morgan fingerprint density at radius 2 is 1.88 bits per heavy atom. The minimum Gasteiger partial charge on any atom is -0.388 e. The van der Waals surface area contributed by atoms with Gasteiger partial charge in [-0.25, -0.2) is 23.7 Å². The number of rotatable bonds is 4. The Labute approximate surface area is 193 Å². The number of aromatic nitrogens is 7. The number of benzene rings is 1. The van der Waals surface area contributed by atoms with Gasteiger partial charge in [0, 0.05) is 6.20 Å². The van der Waals surface area contributed by atoms with Crippen molar-refractivity contribution in [2.75, 3.05) is 0 Å². The van der Waals surface area contributed by atoms with Crippen molar-refractivity contribution in [2.24, 2.45) is 5.41 Å². The molecule has 4 aromatic rings. The van der Waals surface area contributed by atoms with Crippen molar-refractivity contribution in [3.63, 3.8) is 0 Å². The smallest absolute Gasteiger partial charge is 0.219 e. The zero-order valence-corrected chi connectivity index (χ0v) is 18.5. The van der Waals surface area contributed by atoms with Gasteiger partial charge in [-0.3, -0.25) is 5.10 Å². The molecule has 8 nitrogen and oxygen atoms in total. The fraction of sp³-hybridized carbons (Fsp3) is 0.333. The lowest BCUT2D eigenvalue weighted by molar-refractivity contribution is 0.243. The standard InChI is InChI=1S/C24H21F2N7O/c1-23(2)13-6-8-24(23,17-7-9-27-21(28-17)22-29-18(11-34)31-33-22)20-12(13)10-16(30-32-20)19-14(25)4-3-5-15(19)26/h3-5,7,9-10,13,34H,6,8,11H2,1-2H3,(H,29,31,33)/t13-,24+/m0/s1. The SMILES string of the molecule is CC1(C)[C@H]2CC[C@@]1(c1ccnc(-c3n[nH]c(CO)n3)n1)c1nnc(-c3c(F)cccc3F)cc12. The number of hydrogen-bond donors (Lipinski definition) is 2. The summed E-state index contributed by atoms with van der Waals surface area (Å²) in [5.41, 5.74) is 1.72. The maximum absolute atomic E-state index is 14.4. The number of aromatic amines is 1. The lowest BCUT2D eigenvalue weighted by atomic mass is 9.66. The van der Waals surface area contributed by atoms with E-state index in [9.17, 15) is 13.9 Å². The second-order valence-electron chi connectivity index (χ2n) is 9.38. The molecule has 0 spiro atoms. The predicted molar refractivity (Wildman–Crippen MR) is 117 cm³/mol. The molecule has 34 heavy (non-hydrogen) atoms. The molecule has 2 aliphatic carbocycles. The Hall–Kier alpha value is -3.66. The fourth-order valence-electron chi connectivity index (χ4n) is 5.93. The first kappa shape index (κ1) is 20.9. The van der Waals surface area contributed by atoms with Gasteiger partial charge in [-0.1, -0.05) is 19.9 Å². The third-order valence-electron chi connectivity index (χ3n) is 7.58. The summed E-state index contributed by atoms with van der Waals surface area (Å²) >= 11 is 0. The predicted octanol–water partition coefficient (Wildman–Crippen LogP) is 3.69. The Balaban J connectivity index is 1.51. The van der Waals surface area contributed by atoms with Crippen LogP contribution in [0.3, 0.4) is 0 Å². The Morgan fingerprint density at radius 1 is 1.09 bits per heavy atom. The van der Waals surface area contributed by atoms with Crippen LogP contribution < -0.4 is 0 Å². The average molecular weight is 461 g/mol. The highest BCUT2D eigenvalue weighted by Gasteiger charge is 2.65. The maximum atomic E-state index is 14.4. The Kier molecular flexibility index (Phi) is 4.41. The van der Waals surface area contributed by atoms with Gasteiger partial charge in [-0.2, -0.15) is 5.10 Å². The van der Waals surface area contributed by atoms with Crippen molar-refractivity contribution in [3.05, 3.63) is 70.9 Å². The highest BCUT2D eigenvalue weighted by Crippen LogP contribution is 2.69. The zero-order chi connectivity index (χ0) is 23.7. The molecule has 172 valence electrons. The molecular formula is C24H21F2N7O. The van der Waals surface area contributed by atoms with Gasteiger partial charge in [0.25, 0.3) is 0 Å². The van der Waals surface area contributed by atoms with Crippen LogP contribution in [0.1, 0.15) is 55.4 Å². The molecule has 1 fully saturated rings. The quantitative estimate of drug-likeness (QED) is 0.476. The number of nitrogens with one attached hydrogen (secondary N) is 1. The van der Waals surface area contributed by atoms with Crippen LogP contribution in [-0.2, 0) is 12.0 Å². The largest absolute Gasteiger partial charge is 0.388 e. The number of aliphatic hydroxyl groups is 1. The lowest BCUT2D eigenvalue weighted by Crippen LogP contribution is -2.38. The number of aliphatic hydroxyl groups excluding tert-OH is 1. The van der Waals surface area contributed by atoms with Gasteiger partial charge in [0.15, 0.2) is 11.6 Å². The van der Waals surface area contributed by atoms with Crippen LogP contribution in [0.4, 0.5) is 8.78 Å². The Bertz CT molecular complexity index is 1420. The number of nitrogens with zero attached hydrogens (tertiary/aromatic N) is 6. The first-order valence-corrected chi connectivity index (χ1v) is 11.1. The summed E-state index contributed by atoms with van der Waals surface area (Å²) in [7, 11) is 0. The van der Waals surface area contributed by atoms with E-state index in [1.165, 1.54) is 18.2 Å². The fourth-order valence-corrected chi connectivity index (χ4v) is 5.93. The molecule has 3 heterocycles. The van der Waals surface area contributed by atoms with Crippen LogP contribution in [0.2, 0.25) is 0 Å². The second-order valence-corrected chi connectivity index (χ2v) is 9.38. The van der Waals surface area contributed by atoms with Gasteiger partial charge < -0.3 is 5.11 Å². The van der Waals surface area contributed by atoms with Crippen molar-refractivity contribution in [2.45, 2.75) is 44.6 Å². The summed E-state index contributed by atoms with van der Waals surface area (Å²) < 4.78 is 28.9. The van der Waals surface area contributed by atoms with Crippen LogP contribution in [0.15, 0.2) is 36.5 Å². The van der Waals surface area contributed by atoms with Gasteiger partial charge in [-0.05, 0) is 54.0 Å². The van der Waals surface area contributed by atoms with Gasteiger partial charge >= 0.3 is 0 Å². The molecule has 0 amide bonds. The summed E-state index contributed by atoms with van der Waals surface area (Å²) in [5.74, 6) is -0.234. The highest BCUT2D eigenvalue weighted by atomic mass is 19.1. The minimum atomic E-state index is -0.666. The van der Waals surface area contributed by atoms with Gasteiger partial charge in [0.2, 0.25) is 5.82 Å². The van der Waals surface area contributed by atoms with Crippen molar-refractivity contribution in [3.8, 4) is 22.9 Å². The molecule has 2 bridgehead atoms. The van der Waals surface area contributed by atoms with E-state index < -0.39 is 17.0 Å². The van der Waals surface area contributed by atoms with Crippen molar-refractivity contribution >= 4 is 0 Å². The van der Waals surface area contributed by atoms with Crippen LogP contribution in [0.5, 0.6) is 0 Å². The summed E-state index contributed by atoms with van der Waals surface area (Å²) in [5, 5.41) is 24.9. The molecule has 0 radical (unpaired) electrons. The maximum Gasteiger partial charge on any atom is 0.219 e. The molecular weight excluding hydrogens is 440 g/mol. The molecule has 3 aromatic heterocycles. The van der Waals surface area contributed by atoms with Gasteiger partial charge in [-0.15, -0.1) is 10.2 Å². The van der Waals surface area contributed by atoms with E-state index in [4.69, 9.17) is 4.98 Å². The third kappa shape index (κ3) is 2.65. The van der Waals surface area contributed by atoms with E-state index in [0.29, 0.717) is 17.5 Å². The number of hydrogen-bond acceptors (Lipinski definition) is 7. The topological polar surface area (TPSA) is 113 Å². The molecule has 0 aliphatic heterocycles. The van der Waals surface area contributed by atoms with Crippen LogP contribution in [-0.4, -0.2) is 40.5 Å². The minimum absolute atomic E-state index is 0.134. The molecule has 2 aliphatic rings. The van der Waals surface area contributed by atoms with Crippen molar-refractivity contribution < 1.29 is 13.9 Å². The van der Waals surface area contributed by atoms with Crippen molar-refractivity contribution in [1.82, 2.24) is 35.3 Å². The molecule has 1 saturated carbocycles. The van der Waals surface area contributed by atoms with Crippen LogP contribution in [0, 0.1) is 17.0 Å². The first-order valence-electron chi connectivity index (χ1n) is 11.1. The third-order valence-corrected chi connectivity index (χ3v) is 7.58. The van der Waals surface area contributed by atoms with Crippen LogP contribution in [0.25, 0.3) is 22.9 Å². The van der Waals surface area contributed by atoms with E-state index in [1.54, 1.807) is 12.3 Å². The summed E-state index contributed by atoms with van der Waals surface area (Å²) in [6.45, 7) is 4.08. The number of halogens is 2. The molecule has 0 saturated heterocycles. The molecule has 0 unspecified atom stereocenters. The monoisotopic (exact) mass is 461 g/mol. The van der Waals surface area contributed by atoms with E-state index >= 15 is 0 Å². The lowest BCUT2D eigenvalue weighted by Gasteiger charge is -2.37.